The predicted octanol–water partition coefficient (Wildman–Crippen LogP) is -12.2. The van der Waals surface area contributed by atoms with Gasteiger partial charge in [0.15, 0.2) is 18.9 Å². The van der Waals surface area contributed by atoms with Crippen LogP contribution in [0.25, 0.3) is 0 Å². The number of ether oxygens (including phenoxy) is 9. The van der Waals surface area contributed by atoms with Crippen molar-refractivity contribution >= 4 is 19.8 Å². The molecule has 5 heterocycles. The number of aliphatic carboxylic acids is 2. The minimum Gasteiger partial charge on any atom is -0.477 e. The van der Waals surface area contributed by atoms with Crippen molar-refractivity contribution in [2.24, 2.45) is 11.5 Å². The van der Waals surface area contributed by atoms with Crippen LogP contribution in [0.4, 0.5) is 0 Å². The number of phosphoric acid groups is 1. The molecule has 5 rings (SSSR count). The van der Waals surface area contributed by atoms with Crippen molar-refractivity contribution in [1.29, 1.82) is 0 Å². The van der Waals surface area contributed by atoms with Gasteiger partial charge in [0.1, 0.15) is 97.7 Å². The Morgan fingerprint density at radius 2 is 1.22 bits per heavy atom. The van der Waals surface area contributed by atoms with E-state index in [9.17, 15) is 106 Å². The lowest BCUT2D eigenvalue weighted by molar-refractivity contribution is -0.398. The van der Waals surface area contributed by atoms with Crippen LogP contribution in [0.15, 0.2) is 0 Å². The number of carboxylic acids is 2. The van der Waals surface area contributed by atoms with Crippen LogP contribution in [0, 0.1) is 0 Å². The Morgan fingerprint density at radius 1 is 0.647 bits per heavy atom. The van der Waals surface area contributed by atoms with Crippen LogP contribution < -0.4 is 11.5 Å². The highest BCUT2D eigenvalue weighted by Crippen LogP contribution is 2.44. The molecule has 25 atom stereocenters. The summed E-state index contributed by atoms with van der Waals surface area (Å²) in [5.41, 5.74) is 11.6. The number of nitrogens with two attached hydrogens (primary N) is 2. The van der Waals surface area contributed by atoms with Crippen molar-refractivity contribution in [3.8, 4) is 0 Å². The van der Waals surface area contributed by atoms with Crippen molar-refractivity contribution in [2.45, 2.75) is 165 Å². The molecule has 0 saturated carbocycles. The fourth-order valence-electron chi connectivity index (χ4n) is 8.13. The van der Waals surface area contributed by atoms with Gasteiger partial charge in [0, 0.05) is 12.8 Å². The summed E-state index contributed by atoms with van der Waals surface area (Å²) in [7, 11) is -5.64. The molecule has 0 aliphatic carbocycles. The molecule has 0 radical (unpaired) electrons. The Morgan fingerprint density at radius 3 is 1.79 bits per heavy atom. The Kier molecular flexibility index (Phi) is 19.1. The molecule has 0 unspecified atom stereocenters. The lowest BCUT2D eigenvalue weighted by atomic mass is 9.89. The maximum absolute atomic E-state index is 13.4. The van der Waals surface area contributed by atoms with Gasteiger partial charge in [-0.3, -0.25) is 4.52 Å². The normalized spacial score (nSPS) is 47.0. The van der Waals surface area contributed by atoms with Gasteiger partial charge < -0.3 is 146 Å². The van der Waals surface area contributed by atoms with Gasteiger partial charge in [-0.1, -0.05) is 0 Å². The summed E-state index contributed by atoms with van der Waals surface area (Å²) in [6.07, 6.45) is -46.5. The average Bonchev–Trinajstić information content (AvgIpc) is 3.28. The smallest absolute Gasteiger partial charge is 0.470 e. The quantitative estimate of drug-likeness (QED) is 0.0534. The average molecular weight is 1020 g/mol. The van der Waals surface area contributed by atoms with Gasteiger partial charge in [-0.15, -0.1) is 0 Å². The van der Waals surface area contributed by atoms with Crippen LogP contribution in [0.3, 0.4) is 0 Å². The van der Waals surface area contributed by atoms with Gasteiger partial charge in [0.2, 0.25) is 0 Å². The molecule has 5 aliphatic rings. The summed E-state index contributed by atoms with van der Waals surface area (Å²) in [4.78, 5) is 46.0. The molecule has 0 spiro atoms. The number of rotatable bonds is 19. The van der Waals surface area contributed by atoms with Gasteiger partial charge in [-0.2, -0.15) is 0 Å². The van der Waals surface area contributed by atoms with Crippen LogP contribution >= 0.6 is 7.82 Å². The highest BCUT2D eigenvalue weighted by molar-refractivity contribution is 7.46. The highest BCUT2D eigenvalue weighted by atomic mass is 31.2. The minimum atomic E-state index is -5.64. The van der Waals surface area contributed by atoms with Crippen molar-refractivity contribution in [1.82, 2.24) is 0 Å². The van der Waals surface area contributed by atoms with Gasteiger partial charge >= 0.3 is 19.8 Å². The van der Waals surface area contributed by atoms with Crippen LogP contribution in [-0.4, -0.2) is 289 Å². The molecule has 5 fully saturated rings. The molecule has 0 aromatic heterocycles. The van der Waals surface area contributed by atoms with E-state index in [0.29, 0.717) is 0 Å². The maximum atomic E-state index is 13.4. The van der Waals surface area contributed by atoms with E-state index in [0.717, 1.165) is 0 Å². The molecule has 0 amide bonds. The SMILES string of the molecule is N[C@@H]1[C@@H](O)[C@H](O)[C@@H](CO[C@@H]2O[C@H](CO[C@]3(C(=O)O)C[C@@H](O[C@]4(C(=O)O)C[C@@H](O)[C@@H](O)[C@@H]([C@H](O)CO)O4)[C@@H](O[C@H]4O[C@H](CO)[C@@H](O)[C@H](O)[C@@H]4O)[C@@H]([C@H](O)CO)O3)[C@@H](OP(=O)(O)O)[C@H](O)[C@H]2N)O[C@@H]1O. The number of hydrogen-bond acceptors (Lipinski definition) is 29. The van der Waals surface area contributed by atoms with E-state index in [4.69, 9.17) is 58.6 Å². The fourth-order valence-corrected chi connectivity index (χ4v) is 8.70. The molecule has 34 heteroatoms. The number of carboxylic acid groups (broad SMARTS) is 2. The number of aliphatic hydroxyl groups excluding tert-OH is 14. The third kappa shape index (κ3) is 12.1. The molecule has 396 valence electrons. The molecule has 0 bridgehead atoms. The summed E-state index contributed by atoms with van der Waals surface area (Å²) in [5, 5.41) is 167. The third-order valence-electron chi connectivity index (χ3n) is 11.9. The second-order valence-corrected chi connectivity index (χ2v) is 17.8. The van der Waals surface area contributed by atoms with Gasteiger partial charge in [0.25, 0.3) is 11.6 Å². The van der Waals surface area contributed by atoms with Crippen LogP contribution in [-0.2, 0) is 61.3 Å². The second kappa shape index (κ2) is 22.9. The van der Waals surface area contributed by atoms with Crippen molar-refractivity contribution in [2.75, 3.05) is 33.0 Å². The lowest BCUT2D eigenvalue weighted by Gasteiger charge is -2.52. The molecular weight excluding hydrogens is 963 g/mol. The Hall–Kier alpha value is -1.95. The zero-order valence-electron chi connectivity index (χ0n) is 35.2. The summed E-state index contributed by atoms with van der Waals surface area (Å²) in [6, 6.07) is -3.28. The number of hydrogen-bond donors (Lipinski definition) is 20. The summed E-state index contributed by atoms with van der Waals surface area (Å²) < 4.78 is 67.1. The number of carbonyl (C=O) groups is 2. The second-order valence-electron chi connectivity index (χ2n) is 16.6. The Bertz CT molecular complexity index is 1720. The minimum absolute atomic E-state index is 0.808. The van der Waals surface area contributed by atoms with Crippen molar-refractivity contribution in [3.05, 3.63) is 0 Å². The summed E-state index contributed by atoms with van der Waals surface area (Å²) in [5.74, 6) is -11.1. The van der Waals surface area contributed by atoms with Gasteiger partial charge in [-0.05, 0) is 0 Å². The van der Waals surface area contributed by atoms with Crippen LogP contribution in [0.1, 0.15) is 12.8 Å². The number of aliphatic hydroxyl groups is 14. The fraction of sp³-hybridized carbons (Fsp3) is 0.941. The van der Waals surface area contributed by atoms with Gasteiger partial charge in [0.05, 0.1) is 57.3 Å². The first kappa shape index (κ1) is 57.0. The Balaban J connectivity index is 1.55. The van der Waals surface area contributed by atoms with E-state index in [2.05, 4.69) is 0 Å². The first-order valence-electron chi connectivity index (χ1n) is 20.6. The van der Waals surface area contributed by atoms with Gasteiger partial charge in [-0.25, -0.2) is 14.2 Å². The Labute approximate surface area is 382 Å². The third-order valence-corrected chi connectivity index (χ3v) is 12.5. The molecule has 22 N–H and O–H groups in total. The largest absolute Gasteiger partial charge is 0.477 e. The first-order chi connectivity index (χ1) is 31.7. The summed E-state index contributed by atoms with van der Waals surface area (Å²) in [6.45, 7) is -5.77. The predicted molar refractivity (Wildman–Crippen MR) is 204 cm³/mol. The first-order valence-corrected chi connectivity index (χ1v) is 22.1. The molecule has 0 aromatic carbocycles. The molecule has 33 nitrogen and oxygen atoms in total. The summed E-state index contributed by atoms with van der Waals surface area (Å²) >= 11 is 0. The molecule has 5 aliphatic heterocycles. The highest BCUT2D eigenvalue weighted by Gasteiger charge is 2.63. The molecule has 5 saturated heterocycles. The molecule has 68 heavy (non-hydrogen) atoms. The van der Waals surface area contributed by atoms with E-state index < -0.39 is 218 Å². The monoisotopic (exact) mass is 1020 g/mol. The van der Waals surface area contributed by atoms with Crippen molar-refractivity contribution in [3.63, 3.8) is 0 Å². The van der Waals surface area contributed by atoms with E-state index in [1.165, 1.54) is 0 Å². The zero-order chi connectivity index (χ0) is 51.0. The van der Waals surface area contributed by atoms with Crippen molar-refractivity contribution < 1.29 is 153 Å². The van der Waals surface area contributed by atoms with E-state index >= 15 is 0 Å². The van der Waals surface area contributed by atoms with Crippen LogP contribution in [0.2, 0.25) is 0 Å². The topological polar surface area (TPSA) is 560 Å². The van der Waals surface area contributed by atoms with E-state index in [-0.39, 0.29) is 0 Å². The molecule has 0 aromatic rings. The molecular formula is C34H59N2O31P. The van der Waals surface area contributed by atoms with Crippen LogP contribution in [0.5, 0.6) is 0 Å². The lowest BCUT2D eigenvalue weighted by Crippen LogP contribution is -2.70. The maximum Gasteiger partial charge on any atom is 0.470 e. The zero-order valence-corrected chi connectivity index (χ0v) is 36.1. The van der Waals surface area contributed by atoms with E-state index in [1.807, 2.05) is 0 Å². The number of phosphoric ester groups is 1. The standard InChI is InChI=1S/C34H59N2O31P/c35-15-20(46)19(45)13(60-28(15)50)6-58-29-16(36)21(47)26(67-68(55,56)57)14(62-29)7-59-33(31(51)52)2-11(64-34(32(53)54)1-8(40)17(43)24(65-34)9(41)3-37)27(25(66-33)10(42)4-38)63-30-23(49)22(48)18(44)12(5-39)61-30/h8-30,37-50H,1-7,35-36H2,(H,51,52)(H,53,54)(H2,55,56,57)/t8-,9-,10-,11-,12-,13-,14-,15-,16-,17-,18-,19-,20-,21-,22+,23+,24-,25-,26-,27-,28+,29-,30-,33-,34-/m1/s1. The van der Waals surface area contributed by atoms with E-state index in [1.54, 1.807) is 0 Å².